The molecule has 3 heterocycles. The lowest BCUT2D eigenvalue weighted by atomic mass is 10.1. The summed E-state index contributed by atoms with van der Waals surface area (Å²) in [4.78, 5) is 26.7. The first-order valence-electron chi connectivity index (χ1n) is 6.39. The van der Waals surface area contributed by atoms with Crippen molar-refractivity contribution in [2.24, 2.45) is 0 Å². The number of aliphatic carboxylic acids is 1. The minimum Gasteiger partial charge on any atom is -0.480 e. The van der Waals surface area contributed by atoms with Crippen LogP contribution in [0.3, 0.4) is 0 Å². The first kappa shape index (κ1) is 13.0. The maximum Gasteiger partial charge on any atom is 0.326 e. The Labute approximate surface area is 119 Å². The van der Waals surface area contributed by atoms with Crippen molar-refractivity contribution in [2.75, 3.05) is 12.3 Å². The lowest BCUT2D eigenvalue weighted by Crippen LogP contribution is -2.42. The zero-order valence-electron chi connectivity index (χ0n) is 10.4. The van der Waals surface area contributed by atoms with E-state index >= 15 is 0 Å². The van der Waals surface area contributed by atoms with E-state index < -0.39 is 12.0 Å². The number of likely N-dealkylation sites (tertiary alicyclic amines) is 1. The van der Waals surface area contributed by atoms with E-state index in [0.717, 1.165) is 24.2 Å². The molecule has 0 saturated carbocycles. The van der Waals surface area contributed by atoms with Crippen LogP contribution in [0.1, 0.15) is 28.5 Å². The number of carbonyl (C=O) groups excluding carboxylic acids is 1. The smallest absolute Gasteiger partial charge is 0.326 e. The molecule has 1 aromatic heterocycles. The van der Waals surface area contributed by atoms with Crippen LogP contribution in [0.15, 0.2) is 11.4 Å². The number of carboxylic acids is 1. The summed E-state index contributed by atoms with van der Waals surface area (Å²) in [6.45, 7) is 0.576. The van der Waals surface area contributed by atoms with E-state index in [0.29, 0.717) is 13.0 Å². The van der Waals surface area contributed by atoms with E-state index in [-0.39, 0.29) is 11.2 Å². The minimum atomic E-state index is -0.878. The molecule has 1 aromatic rings. The molecule has 0 aliphatic carbocycles. The number of aryl methyl sites for hydroxylation is 1. The van der Waals surface area contributed by atoms with Crippen LogP contribution < -0.4 is 0 Å². The summed E-state index contributed by atoms with van der Waals surface area (Å²) in [7, 11) is 0. The molecule has 6 heteroatoms. The van der Waals surface area contributed by atoms with Crippen LogP contribution in [0, 0.1) is 0 Å². The normalized spacial score (nSPS) is 26.2. The summed E-state index contributed by atoms with van der Waals surface area (Å²) < 4.78 is 0. The Bertz CT molecular complexity index is 514. The fourth-order valence-corrected chi connectivity index (χ4v) is 5.15. The first-order chi connectivity index (χ1) is 9.18. The molecule has 0 aromatic carbocycles. The number of amides is 1. The van der Waals surface area contributed by atoms with Crippen molar-refractivity contribution in [3.05, 3.63) is 21.9 Å². The van der Waals surface area contributed by atoms with Crippen molar-refractivity contribution in [2.45, 2.75) is 30.6 Å². The zero-order chi connectivity index (χ0) is 13.4. The second-order valence-electron chi connectivity index (χ2n) is 4.83. The van der Waals surface area contributed by atoms with Gasteiger partial charge in [0.05, 0.1) is 0 Å². The summed E-state index contributed by atoms with van der Waals surface area (Å²) in [5.41, 5.74) is 1.10. The van der Waals surface area contributed by atoms with Gasteiger partial charge in [0.25, 0.3) is 0 Å². The van der Waals surface area contributed by atoms with Crippen LogP contribution in [-0.4, -0.2) is 40.2 Å². The summed E-state index contributed by atoms with van der Waals surface area (Å²) in [6, 6.07) is 1.39. The van der Waals surface area contributed by atoms with E-state index in [1.807, 2.05) is 11.4 Å². The van der Waals surface area contributed by atoms with Crippen LogP contribution in [-0.2, 0) is 16.0 Å². The van der Waals surface area contributed by atoms with Gasteiger partial charge in [0.15, 0.2) is 0 Å². The Hall–Kier alpha value is -1.01. The van der Waals surface area contributed by atoms with Gasteiger partial charge in [0.1, 0.15) is 11.3 Å². The maximum atomic E-state index is 12.6. The molecule has 4 nitrogen and oxygen atoms in total. The highest BCUT2D eigenvalue weighted by Crippen LogP contribution is 2.41. The molecule has 1 N–H and O–H groups in total. The van der Waals surface area contributed by atoms with Crippen LogP contribution >= 0.6 is 23.1 Å². The third-order valence-corrected chi connectivity index (χ3v) is 5.95. The molecule has 0 bridgehead atoms. The third kappa shape index (κ3) is 2.27. The van der Waals surface area contributed by atoms with E-state index in [2.05, 4.69) is 0 Å². The molecule has 1 unspecified atom stereocenters. The molecule has 1 saturated heterocycles. The van der Waals surface area contributed by atoms with E-state index in [9.17, 15) is 14.7 Å². The number of fused-ring (bicyclic) bond motifs is 1. The quantitative estimate of drug-likeness (QED) is 0.909. The summed E-state index contributed by atoms with van der Waals surface area (Å²) in [5, 5.41) is 11.0. The standard InChI is InChI=1S/C13H15NO3S2/c15-12(14-5-1-2-9(14)13(16)17)11-8-3-6-18-10(8)4-7-19-11/h3,6,9,11H,1-2,4-5,7H2,(H,16,17)/t9-,11?/m1/s1. The highest BCUT2D eigenvalue weighted by atomic mass is 32.2. The number of thiophene rings is 1. The third-order valence-electron chi connectivity index (χ3n) is 3.72. The van der Waals surface area contributed by atoms with Gasteiger partial charge >= 0.3 is 5.97 Å². The fourth-order valence-electron chi connectivity index (χ4n) is 2.79. The number of rotatable bonds is 2. The number of nitrogens with zero attached hydrogens (tertiary/aromatic N) is 1. The number of thioether (sulfide) groups is 1. The molecular formula is C13H15NO3S2. The average molecular weight is 297 g/mol. The SMILES string of the molecule is O=C(O)[C@H]1CCCN1C(=O)C1SCCc2sccc21. The lowest BCUT2D eigenvalue weighted by Gasteiger charge is -2.28. The zero-order valence-corrected chi connectivity index (χ0v) is 12.0. The van der Waals surface area contributed by atoms with Gasteiger partial charge in [0.2, 0.25) is 5.91 Å². The average Bonchev–Trinajstić information content (AvgIpc) is 3.05. The summed E-state index contributed by atoms with van der Waals surface area (Å²) in [6.07, 6.45) is 2.38. The molecule has 2 aliphatic heterocycles. The lowest BCUT2D eigenvalue weighted by molar-refractivity contribution is -0.148. The second kappa shape index (κ2) is 5.17. The molecule has 1 amide bonds. The predicted molar refractivity (Wildman–Crippen MR) is 75.6 cm³/mol. The van der Waals surface area contributed by atoms with Gasteiger partial charge in [-0.15, -0.1) is 23.1 Å². The topological polar surface area (TPSA) is 57.6 Å². The Morgan fingerprint density at radius 3 is 3.05 bits per heavy atom. The monoisotopic (exact) mass is 297 g/mol. The van der Waals surface area contributed by atoms with Crippen LogP contribution in [0.4, 0.5) is 0 Å². The second-order valence-corrected chi connectivity index (χ2v) is 7.04. The number of carboxylic acid groups (broad SMARTS) is 1. The highest BCUT2D eigenvalue weighted by molar-refractivity contribution is 8.00. The van der Waals surface area contributed by atoms with E-state index in [1.54, 1.807) is 28.0 Å². The number of carbonyl (C=O) groups is 2. The van der Waals surface area contributed by atoms with Crippen molar-refractivity contribution >= 4 is 35.0 Å². The van der Waals surface area contributed by atoms with Crippen molar-refractivity contribution < 1.29 is 14.7 Å². The Balaban J connectivity index is 1.84. The van der Waals surface area contributed by atoms with Crippen molar-refractivity contribution in [1.82, 2.24) is 4.90 Å². The van der Waals surface area contributed by atoms with Gasteiger partial charge < -0.3 is 10.0 Å². The molecule has 0 radical (unpaired) electrons. The fraction of sp³-hybridized carbons (Fsp3) is 0.538. The predicted octanol–water partition coefficient (Wildman–Crippen LogP) is 2.15. The minimum absolute atomic E-state index is 0.0192. The molecule has 3 rings (SSSR count). The van der Waals surface area contributed by atoms with Gasteiger partial charge in [-0.05, 0) is 42.0 Å². The van der Waals surface area contributed by atoms with Crippen LogP contribution in [0.5, 0.6) is 0 Å². The molecule has 102 valence electrons. The van der Waals surface area contributed by atoms with Crippen LogP contribution in [0.2, 0.25) is 0 Å². The van der Waals surface area contributed by atoms with Crippen molar-refractivity contribution in [3.63, 3.8) is 0 Å². The van der Waals surface area contributed by atoms with Gasteiger partial charge in [-0.25, -0.2) is 4.79 Å². The summed E-state index contributed by atoms with van der Waals surface area (Å²) in [5.74, 6) is 0.0432. The van der Waals surface area contributed by atoms with Gasteiger partial charge in [0, 0.05) is 11.4 Å². The Morgan fingerprint density at radius 1 is 1.42 bits per heavy atom. The Kier molecular flexibility index (Phi) is 3.54. The largest absolute Gasteiger partial charge is 0.480 e. The molecular weight excluding hydrogens is 282 g/mol. The van der Waals surface area contributed by atoms with Gasteiger partial charge in [-0.1, -0.05) is 0 Å². The van der Waals surface area contributed by atoms with Crippen molar-refractivity contribution in [3.8, 4) is 0 Å². The Morgan fingerprint density at radius 2 is 2.26 bits per heavy atom. The molecule has 19 heavy (non-hydrogen) atoms. The van der Waals surface area contributed by atoms with E-state index in [4.69, 9.17) is 0 Å². The molecule has 1 fully saturated rings. The number of hydrogen-bond acceptors (Lipinski definition) is 4. The van der Waals surface area contributed by atoms with Crippen molar-refractivity contribution in [1.29, 1.82) is 0 Å². The number of hydrogen-bond donors (Lipinski definition) is 1. The molecule has 2 atom stereocenters. The molecule has 0 spiro atoms. The first-order valence-corrected chi connectivity index (χ1v) is 8.32. The van der Waals surface area contributed by atoms with Gasteiger partial charge in [-0.2, -0.15) is 0 Å². The summed E-state index contributed by atoms with van der Waals surface area (Å²) >= 11 is 3.34. The highest BCUT2D eigenvalue weighted by Gasteiger charge is 2.39. The maximum absolute atomic E-state index is 12.6. The van der Waals surface area contributed by atoms with E-state index in [1.165, 1.54) is 4.88 Å². The van der Waals surface area contributed by atoms with Crippen LogP contribution in [0.25, 0.3) is 0 Å². The van der Waals surface area contributed by atoms with Gasteiger partial charge in [-0.3, -0.25) is 4.79 Å². The molecule has 2 aliphatic rings.